The van der Waals surface area contributed by atoms with Crippen LogP contribution in [0.2, 0.25) is 0 Å². The summed E-state index contributed by atoms with van der Waals surface area (Å²) in [6.45, 7) is 0. The number of anilines is 1. The largest absolute Gasteiger partial charge is 0.507 e. The Labute approximate surface area is 190 Å². The van der Waals surface area contributed by atoms with Crippen molar-refractivity contribution in [1.82, 2.24) is 0 Å². The zero-order valence-electron chi connectivity index (χ0n) is 17.5. The molecule has 0 bridgehead atoms. The maximum absolute atomic E-state index is 13.2. The first-order chi connectivity index (χ1) is 15.5. The zero-order valence-corrected chi connectivity index (χ0v) is 18.3. The highest BCUT2D eigenvalue weighted by atomic mass is 32.2. The number of aromatic hydroxyl groups is 1. The number of amides is 1. The van der Waals surface area contributed by atoms with E-state index < -0.39 is 12.1 Å². The molecule has 3 atom stereocenters. The van der Waals surface area contributed by atoms with Gasteiger partial charge in [-0.05, 0) is 54.8 Å². The minimum atomic E-state index is -0.776. The molecule has 166 valence electrons. The number of halogens is 1. The first-order valence-electron chi connectivity index (χ1n) is 10.3. The van der Waals surface area contributed by atoms with Gasteiger partial charge in [0.25, 0.3) is 5.24 Å². The van der Waals surface area contributed by atoms with E-state index in [1.807, 2.05) is 30.3 Å². The Kier molecular flexibility index (Phi) is 6.67. The van der Waals surface area contributed by atoms with E-state index in [2.05, 4.69) is 0 Å². The molecule has 0 saturated carbocycles. The lowest BCUT2D eigenvalue weighted by Crippen LogP contribution is -2.29. The molecule has 1 aliphatic heterocycles. The van der Waals surface area contributed by atoms with Gasteiger partial charge in [0.15, 0.2) is 0 Å². The summed E-state index contributed by atoms with van der Waals surface area (Å²) in [7, 11) is 1.53. The highest BCUT2D eigenvalue weighted by molar-refractivity contribution is 8.14. The number of nitrogens with zero attached hydrogens (tertiary/aromatic N) is 1. The fraction of sp³-hybridized carbons (Fsp3) is 0.240. The fourth-order valence-corrected chi connectivity index (χ4v) is 5.26. The number of methoxy groups -OCH3 is 1. The molecule has 7 heteroatoms. The third-order valence-corrected chi connectivity index (χ3v) is 6.84. The number of phenolic OH excluding ortho intramolecular Hbond substituents is 1. The Morgan fingerprint density at radius 1 is 1.09 bits per heavy atom. The lowest BCUT2D eigenvalue weighted by Gasteiger charge is -2.28. The summed E-state index contributed by atoms with van der Waals surface area (Å²) < 4.78 is 18.4. The van der Waals surface area contributed by atoms with Crippen molar-refractivity contribution in [3.8, 4) is 11.5 Å². The van der Waals surface area contributed by atoms with Gasteiger partial charge in [-0.3, -0.25) is 9.69 Å². The second-order valence-electron chi connectivity index (χ2n) is 7.64. The molecule has 3 aromatic carbocycles. The van der Waals surface area contributed by atoms with Crippen molar-refractivity contribution in [2.75, 3.05) is 12.0 Å². The number of carbonyl (C=O) groups is 1. The van der Waals surface area contributed by atoms with E-state index in [-0.39, 0.29) is 22.1 Å². The molecule has 0 aliphatic carbocycles. The molecule has 1 unspecified atom stereocenters. The van der Waals surface area contributed by atoms with E-state index in [0.717, 1.165) is 5.69 Å². The average Bonchev–Trinajstić information content (AvgIpc) is 3.14. The van der Waals surface area contributed by atoms with Crippen molar-refractivity contribution >= 4 is 22.7 Å². The predicted octanol–water partition coefficient (Wildman–Crippen LogP) is 5.84. The van der Waals surface area contributed by atoms with Crippen molar-refractivity contribution in [1.29, 1.82) is 0 Å². The normalized spacial score (nSPS) is 19.2. The van der Waals surface area contributed by atoms with Gasteiger partial charge in [0, 0.05) is 22.6 Å². The van der Waals surface area contributed by atoms with E-state index >= 15 is 0 Å². The summed E-state index contributed by atoms with van der Waals surface area (Å²) >= 11 is 1.20. The number of thioether (sulfide) groups is 1. The molecule has 0 radical (unpaired) electrons. The average molecular weight is 454 g/mol. The number of phenols is 1. The summed E-state index contributed by atoms with van der Waals surface area (Å²) in [5, 5.41) is 21.0. The van der Waals surface area contributed by atoms with E-state index in [9.17, 15) is 19.4 Å². The van der Waals surface area contributed by atoms with Crippen LogP contribution in [0.3, 0.4) is 0 Å². The Balaban J connectivity index is 1.63. The summed E-state index contributed by atoms with van der Waals surface area (Å²) in [6, 6.07) is 19.8. The first kappa shape index (κ1) is 22.2. The Hall–Kier alpha value is -3.03. The molecule has 1 heterocycles. The van der Waals surface area contributed by atoms with Crippen LogP contribution in [0.25, 0.3) is 0 Å². The second-order valence-corrected chi connectivity index (χ2v) is 8.83. The number of aliphatic hydroxyl groups is 1. The van der Waals surface area contributed by atoms with Gasteiger partial charge in [-0.2, -0.15) is 0 Å². The highest BCUT2D eigenvalue weighted by Crippen LogP contribution is 2.49. The van der Waals surface area contributed by atoms with Gasteiger partial charge >= 0.3 is 0 Å². The van der Waals surface area contributed by atoms with Gasteiger partial charge in [0.05, 0.1) is 19.3 Å². The van der Waals surface area contributed by atoms with Crippen LogP contribution in [0.5, 0.6) is 11.5 Å². The van der Waals surface area contributed by atoms with E-state index in [1.165, 1.54) is 37.1 Å². The quantitative estimate of drug-likeness (QED) is 0.471. The predicted molar refractivity (Wildman–Crippen MR) is 124 cm³/mol. The van der Waals surface area contributed by atoms with Gasteiger partial charge in [0.1, 0.15) is 17.3 Å². The maximum Gasteiger partial charge on any atom is 0.287 e. The Bertz CT molecular complexity index is 1080. The molecule has 0 spiro atoms. The molecule has 1 fully saturated rings. The molecular weight excluding hydrogens is 429 g/mol. The van der Waals surface area contributed by atoms with Crippen LogP contribution >= 0.6 is 11.8 Å². The Morgan fingerprint density at radius 2 is 1.81 bits per heavy atom. The minimum Gasteiger partial charge on any atom is -0.507 e. The molecular formula is C25H24FNO4S. The summed E-state index contributed by atoms with van der Waals surface area (Å²) in [4.78, 5) is 14.7. The molecule has 5 nitrogen and oxygen atoms in total. The number of benzene rings is 3. The molecule has 4 rings (SSSR count). The molecule has 2 N–H and O–H groups in total. The van der Waals surface area contributed by atoms with Gasteiger partial charge in [0.2, 0.25) is 0 Å². The van der Waals surface area contributed by atoms with E-state index in [0.29, 0.717) is 29.7 Å². The number of aliphatic hydroxyl groups excluding tert-OH is 1. The monoisotopic (exact) mass is 453 g/mol. The van der Waals surface area contributed by atoms with Crippen LogP contribution < -0.4 is 9.64 Å². The summed E-state index contributed by atoms with van der Waals surface area (Å²) in [5.74, 6) is 0.221. The van der Waals surface area contributed by atoms with Crippen molar-refractivity contribution in [2.45, 2.75) is 30.2 Å². The van der Waals surface area contributed by atoms with Gasteiger partial charge in [-0.15, -0.1) is 0 Å². The van der Waals surface area contributed by atoms with E-state index in [1.54, 1.807) is 29.2 Å². The summed E-state index contributed by atoms with van der Waals surface area (Å²) in [5.41, 5.74) is 1.99. The topological polar surface area (TPSA) is 70.0 Å². The van der Waals surface area contributed by atoms with Crippen molar-refractivity contribution in [3.05, 3.63) is 89.7 Å². The smallest absolute Gasteiger partial charge is 0.287 e. The molecule has 1 aliphatic rings. The summed E-state index contributed by atoms with van der Waals surface area (Å²) in [6.07, 6.45) is 0.142. The van der Waals surface area contributed by atoms with Gasteiger partial charge in [-0.25, -0.2) is 4.39 Å². The molecule has 1 saturated heterocycles. The number of ether oxygens (including phenoxy) is 1. The number of rotatable bonds is 7. The van der Waals surface area contributed by atoms with Crippen LogP contribution in [0, 0.1) is 5.82 Å². The third kappa shape index (κ3) is 4.59. The molecule has 1 amide bonds. The van der Waals surface area contributed by atoms with Crippen molar-refractivity contribution in [3.63, 3.8) is 0 Å². The maximum atomic E-state index is 13.2. The number of hydrogen-bond donors (Lipinski definition) is 2. The zero-order chi connectivity index (χ0) is 22.7. The van der Waals surface area contributed by atoms with Gasteiger partial charge in [-0.1, -0.05) is 42.1 Å². The first-order valence-corrected chi connectivity index (χ1v) is 11.2. The minimum absolute atomic E-state index is 0.0506. The van der Waals surface area contributed by atoms with Crippen LogP contribution in [-0.4, -0.2) is 27.8 Å². The van der Waals surface area contributed by atoms with Gasteiger partial charge < -0.3 is 14.9 Å². The molecule has 32 heavy (non-hydrogen) atoms. The van der Waals surface area contributed by atoms with Crippen molar-refractivity contribution in [2.24, 2.45) is 0 Å². The SMILES string of the molecule is COc1ccc([C@@H]2[C@@H](CCC(O)c3ccc(F)cc3)SC(=O)N2c2ccccc2)c(O)c1. The second kappa shape index (κ2) is 9.63. The molecule has 0 aromatic heterocycles. The lowest BCUT2D eigenvalue weighted by molar-refractivity contribution is 0.163. The fourth-order valence-electron chi connectivity index (χ4n) is 4.02. The Morgan fingerprint density at radius 3 is 2.47 bits per heavy atom. The van der Waals surface area contributed by atoms with Crippen molar-refractivity contribution < 1.29 is 24.1 Å². The standard InChI is InChI=1S/C25H24FNO4S/c1-31-19-11-12-20(22(29)15-19)24-23(14-13-21(28)16-7-9-17(26)10-8-16)32-25(30)27(24)18-5-3-2-4-6-18/h2-12,15,21,23-24,28-29H,13-14H2,1H3/t21?,23-,24-/m1/s1. The van der Waals surface area contributed by atoms with E-state index in [4.69, 9.17) is 4.74 Å². The molecule has 3 aromatic rings. The number of carbonyl (C=O) groups excluding carboxylic acids is 1. The van der Waals surface area contributed by atoms with Crippen LogP contribution in [0.15, 0.2) is 72.8 Å². The van der Waals surface area contributed by atoms with Crippen LogP contribution in [0.1, 0.15) is 36.1 Å². The lowest BCUT2D eigenvalue weighted by atomic mass is 9.95. The number of para-hydroxylation sites is 1. The number of hydrogen-bond acceptors (Lipinski definition) is 5. The third-order valence-electron chi connectivity index (χ3n) is 5.65. The van der Waals surface area contributed by atoms with Crippen LogP contribution in [0.4, 0.5) is 14.9 Å². The van der Waals surface area contributed by atoms with Crippen LogP contribution in [-0.2, 0) is 0 Å². The highest BCUT2D eigenvalue weighted by Gasteiger charge is 2.43.